The number of carbonyl (C=O) groups is 1. The van der Waals surface area contributed by atoms with Gasteiger partial charge < -0.3 is 9.47 Å². The van der Waals surface area contributed by atoms with Crippen LogP contribution in [0, 0.1) is 5.82 Å². The quantitative estimate of drug-likeness (QED) is 0.616. The van der Waals surface area contributed by atoms with Crippen LogP contribution in [-0.2, 0) is 0 Å². The number of methoxy groups -OCH3 is 1. The van der Waals surface area contributed by atoms with Crippen molar-refractivity contribution in [2.24, 2.45) is 0 Å². The van der Waals surface area contributed by atoms with Gasteiger partial charge in [-0.2, -0.15) is 0 Å². The van der Waals surface area contributed by atoms with Crippen LogP contribution in [0.4, 0.5) is 4.39 Å². The molecular weight excluding hydrogens is 235 g/mol. The van der Waals surface area contributed by atoms with Crippen LogP contribution in [0.25, 0.3) is 0 Å². The fourth-order valence-corrected chi connectivity index (χ4v) is 1.42. The lowest BCUT2D eigenvalue weighted by atomic mass is 10.2. The summed E-state index contributed by atoms with van der Waals surface area (Å²) in [6, 6.07) is 11.9. The lowest BCUT2D eigenvalue weighted by Crippen LogP contribution is -2.08. The van der Waals surface area contributed by atoms with Gasteiger partial charge in [-0.05, 0) is 42.5 Å². The second-order valence-electron chi connectivity index (χ2n) is 3.58. The monoisotopic (exact) mass is 246 g/mol. The van der Waals surface area contributed by atoms with Gasteiger partial charge in [0.2, 0.25) is 0 Å². The highest BCUT2D eigenvalue weighted by Gasteiger charge is 2.09. The number of esters is 1. The van der Waals surface area contributed by atoms with Crippen molar-refractivity contribution < 1.29 is 18.7 Å². The summed E-state index contributed by atoms with van der Waals surface area (Å²) in [5.74, 6) is -0.0236. The molecule has 0 unspecified atom stereocenters. The van der Waals surface area contributed by atoms with E-state index in [1.54, 1.807) is 24.3 Å². The average Bonchev–Trinajstić information content (AvgIpc) is 2.41. The van der Waals surface area contributed by atoms with Crippen LogP contribution < -0.4 is 9.47 Å². The molecule has 0 N–H and O–H groups in total. The predicted molar refractivity (Wildman–Crippen MR) is 64.4 cm³/mol. The van der Waals surface area contributed by atoms with Crippen molar-refractivity contribution in [2.45, 2.75) is 0 Å². The van der Waals surface area contributed by atoms with Gasteiger partial charge >= 0.3 is 5.97 Å². The van der Waals surface area contributed by atoms with Gasteiger partial charge in [0.1, 0.15) is 17.3 Å². The molecule has 0 saturated carbocycles. The van der Waals surface area contributed by atoms with Crippen LogP contribution in [0.5, 0.6) is 11.5 Å². The molecule has 0 bridgehead atoms. The fraction of sp³-hybridized carbons (Fsp3) is 0.0714. The van der Waals surface area contributed by atoms with Crippen molar-refractivity contribution in [1.82, 2.24) is 0 Å². The molecule has 3 nitrogen and oxygen atoms in total. The Morgan fingerprint density at radius 1 is 1.06 bits per heavy atom. The Bertz CT molecular complexity index is 549. The normalized spacial score (nSPS) is 9.89. The lowest BCUT2D eigenvalue weighted by molar-refractivity contribution is 0.0734. The maximum atomic E-state index is 12.7. The Balaban J connectivity index is 2.14. The van der Waals surface area contributed by atoms with Gasteiger partial charge in [0.25, 0.3) is 0 Å². The SMILES string of the molecule is COc1cccc(C(=O)Oc2ccc(F)cc2)c1. The average molecular weight is 246 g/mol. The molecule has 0 aliphatic heterocycles. The molecule has 0 fully saturated rings. The van der Waals surface area contributed by atoms with Crippen molar-refractivity contribution in [1.29, 1.82) is 0 Å². The third-order valence-electron chi connectivity index (χ3n) is 2.33. The summed E-state index contributed by atoms with van der Waals surface area (Å²) in [7, 11) is 1.52. The smallest absolute Gasteiger partial charge is 0.343 e. The lowest BCUT2D eigenvalue weighted by Gasteiger charge is -2.05. The predicted octanol–water partition coefficient (Wildman–Crippen LogP) is 3.05. The number of ether oxygens (including phenoxy) is 2. The Morgan fingerprint density at radius 3 is 2.44 bits per heavy atom. The standard InChI is InChI=1S/C14H11FO3/c1-17-13-4-2-3-10(9-13)14(16)18-12-7-5-11(15)6-8-12/h2-9H,1H3. The van der Waals surface area contributed by atoms with Crippen molar-refractivity contribution in [3.05, 3.63) is 59.9 Å². The molecule has 18 heavy (non-hydrogen) atoms. The van der Waals surface area contributed by atoms with Crippen molar-refractivity contribution in [3.63, 3.8) is 0 Å². The Morgan fingerprint density at radius 2 is 1.78 bits per heavy atom. The Kier molecular flexibility index (Phi) is 3.57. The summed E-state index contributed by atoms with van der Waals surface area (Å²) in [6.07, 6.45) is 0. The highest BCUT2D eigenvalue weighted by molar-refractivity contribution is 5.91. The van der Waals surface area contributed by atoms with Crippen LogP contribution in [0.3, 0.4) is 0 Å². The zero-order chi connectivity index (χ0) is 13.0. The molecule has 2 rings (SSSR count). The van der Waals surface area contributed by atoms with E-state index in [1.807, 2.05) is 0 Å². The van der Waals surface area contributed by atoms with E-state index >= 15 is 0 Å². The summed E-state index contributed by atoms with van der Waals surface area (Å²) in [5.41, 5.74) is 0.374. The van der Waals surface area contributed by atoms with E-state index in [-0.39, 0.29) is 5.82 Å². The van der Waals surface area contributed by atoms with E-state index in [2.05, 4.69) is 0 Å². The summed E-state index contributed by atoms with van der Waals surface area (Å²) >= 11 is 0. The molecular formula is C14H11FO3. The fourth-order valence-electron chi connectivity index (χ4n) is 1.42. The van der Waals surface area contributed by atoms with Crippen LogP contribution in [-0.4, -0.2) is 13.1 Å². The van der Waals surface area contributed by atoms with Gasteiger partial charge in [-0.25, -0.2) is 9.18 Å². The molecule has 2 aromatic carbocycles. The molecule has 0 amide bonds. The molecule has 92 valence electrons. The molecule has 0 aliphatic rings. The highest BCUT2D eigenvalue weighted by atomic mass is 19.1. The van der Waals surface area contributed by atoms with Crippen LogP contribution in [0.2, 0.25) is 0 Å². The van der Waals surface area contributed by atoms with E-state index < -0.39 is 5.97 Å². The second kappa shape index (κ2) is 5.31. The van der Waals surface area contributed by atoms with Gasteiger partial charge in [-0.3, -0.25) is 0 Å². The number of halogens is 1. The van der Waals surface area contributed by atoms with Crippen molar-refractivity contribution in [2.75, 3.05) is 7.11 Å². The van der Waals surface area contributed by atoms with E-state index in [4.69, 9.17) is 9.47 Å². The summed E-state index contributed by atoms with van der Waals surface area (Å²) in [5, 5.41) is 0. The largest absolute Gasteiger partial charge is 0.497 e. The van der Waals surface area contributed by atoms with Gasteiger partial charge in [-0.15, -0.1) is 0 Å². The topological polar surface area (TPSA) is 35.5 Å². The first-order chi connectivity index (χ1) is 8.69. The number of benzene rings is 2. The summed E-state index contributed by atoms with van der Waals surface area (Å²) in [4.78, 5) is 11.8. The number of hydrogen-bond acceptors (Lipinski definition) is 3. The highest BCUT2D eigenvalue weighted by Crippen LogP contribution is 2.16. The minimum Gasteiger partial charge on any atom is -0.497 e. The van der Waals surface area contributed by atoms with Gasteiger partial charge in [-0.1, -0.05) is 6.07 Å². The molecule has 4 heteroatoms. The molecule has 0 radical (unpaired) electrons. The van der Waals surface area contributed by atoms with Gasteiger partial charge in [0, 0.05) is 0 Å². The zero-order valence-corrected chi connectivity index (χ0v) is 9.72. The molecule has 0 spiro atoms. The van der Waals surface area contributed by atoms with Crippen molar-refractivity contribution in [3.8, 4) is 11.5 Å². The maximum Gasteiger partial charge on any atom is 0.343 e. The van der Waals surface area contributed by atoms with Gasteiger partial charge in [0.05, 0.1) is 12.7 Å². The molecule has 0 atom stereocenters. The Hall–Kier alpha value is -2.36. The molecule has 0 aliphatic carbocycles. The first-order valence-electron chi connectivity index (χ1n) is 5.31. The second-order valence-corrected chi connectivity index (χ2v) is 3.58. The molecule has 0 aromatic heterocycles. The van der Waals surface area contributed by atoms with E-state index in [1.165, 1.54) is 31.4 Å². The van der Waals surface area contributed by atoms with Crippen LogP contribution in [0.1, 0.15) is 10.4 Å². The summed E-state index contributed by atoms with van der Waals surface area (Å²) in [6.45, 7) is 0. The maximum absolute atomic E-state index is 12.7. The molecule has 0 saturated heterocycles. The first kappa shape index (κ1) is 12.1. The molecule has 0 heterocycles. The number of rotatable bonds is 3. The van der Waals surface area contributed by atoms with Crippen molar-refractivity contribution >= 4 is 5.97 Å². The van der Waals surface area contributed by atoms with Gasteiger partial charge in [0.15, 0.2) is 0 Å². The zero-order valence-electron chi connectivity index (χ0n) is 9.72. The number of hydrogen-bond donors (Lipinski definition) is 0. The van der Waals surface area contributed by atoms with E-state index in [9.17, 15) is 9.18 Å². The van der Waals surface area contributed by atoms with Crippen LogP contribution >= 0.6 is 0 Å². The molecule has 2 aromatic rings. The van der Waals surface area contributed by atoms with E-state index in [0.29, 0.717) is 17.1 Å². The third-order valence-corrected chi connectivity index (χ3v) is 2.33. The Labute approximate surface area is 104 Å². The van der Waals surface area contributed by atoms with Crippen LogP contribution in [0.15, 0.2) is 48.5 Å². The number of carbonyl (C=O) groups excluding carboxylic acids is 1. The minimum atomic E-state index is -0.513. The summed E-state index contributed by atoms with van der Waals surface area (Å²) < 4.78 is 22.8. The third kappa shape index (κ3) is 2.85. The van der Waals surface area contributed by atoms with E-state index in [0.717, 1.165) is 0 Å². The first-order valence-corrected chi connectivity index (χ1v) is 5.31. The minimum absolute atomic E-state index is 0.296.